The first-order chi connectivity index (χ1) is 14.7. The minimum atomic E-state index is -4.59. The number of carbonyl (C=O) groups excluding carboxylic acids is 1. The van der Waals surface area contributed by atoms with Crippen LogP contribution in [-0.4, -0.2) is 56.7 Å². The van der Waals surface area contributed by atoms with Crippen LogP contribution in [0.1, 0.15) is 17.7 Å². The Kier molecular flexibility index (Phi) is 7.00. The van der Waals surface area contributed by atoms with Crippen molar-refractivity contribution in [1.82, 2.24) is 25.1 Å². The minimum absolute atomic E-state index is 0.0221. The van der Waals surface area contributed by atoms with Gasteiger partial charge in [0.1, 0.15) is 0 Å². The van der Waals surface area contributed by atoms with Crippen LogP contribution in [0, 0.1) is 5.82 Å². The van der Waals surface area contributed by atoms with Gasteiger partial charge in [-0.25, -0.2) is 9.37 Å². The van der Waals surface area contributed by atoms with E-state index in [-0.39, 0.29) is 25.5 Å². The third-order valence-electron chi connectivity index (χ3n) is 4.13. The molecule has 0 saturated heterocycles. The van der Waals surface area contributed by atoms with Crippen molar-refractivity contribution in [3.63, 3.8) is 0 Å². The van der Waals surface area contributed by atoms with Crippen molar-refractivity contribution in [2.45, 2.75) is 25.6 Å². The van der Waals surface area contributed by atoms with Gasteiger partial charge in [-0.3, -0.25) is 14.5 Å². The number of pyridine rings is 2. The number of alkyl halides is 3. The van der Waals surface area contributed by atoms with Crippen LogP contribution in [0.5, 0.6) is 5.88 Å². The fourth-order valence-electron chi connectivity index (χ4n) is 2.79. The van der Waals surface area contributed by atoms with Crippen LogP contribution in [0.3, 0.4) is 0 Å². The van der Waals surface area contributed by atoms with Crippen molar-refractivity contribution in [3.05, 3.63) is 47.8 Å². The molecule has 31 heavy (non-hydrogen) atoms. The first-order valence-corrected chi connectivity index (χ1v) is 9.28. The van der Waals surface area contributed by atoms with E-state index in [1.54, 1.807) is 12.3 Å². The maximum atomic E-state index is 14.0. The zero-order valence-electron chi connectivity index (χ0n) is 16.2. The lowest BCUT2D eigenvalue weighted by Gasteiger charge is -2.09. The van der Waals surface area contributed by atoms with E-state index in [1.807, 2.05) is 0 Å². The molecule has 0 aliphatic carbocycles. The predicted molar refractivity (Wildman–Crippen MR) is 101 cm³/mol. The van der Waals surface area contributed by atoms with Crippen LogP contribution in [0.25, 0.3) is 10.9 Å². The summed E-state index contributed by atoms with van der Waals surface area (Å²) < 4.78 is 56.5. The van der Waals surface area contributed by atoms with Gasteiger partial charge in [0, 0.05) is 37.1 Å². The number of nitrogens with one attached hydrogen (secondary N) is 1. The van der Waals surface area contributed by atoms with Crippen molar-refractivity contribution in [2.24, 2.45) is 0 Å². The number of rotatable bonds is 9. The Labute approximate surface area is 173 Å². The molecule has 3 aromatic heterocycles. The molecule has 3 heterocycles. The van der Waals surface area contributed by atoms with Crippen LogP contribution in [0.2, 0.25) is 0 Å². The fraction of sp³-hybridized carbons (Fsp3) is 0.368. The molecule has 0 bridgehead atoms. The molecule has 166 valence electrons. The quantitative estimate of drug-likeness (QED) is 0.389. The van der Waals surface area contributed by atoms with Crippen molar-refractivity contribution in [3.8, 4) is 5.88 Å². The summed E-state index contributed by atoms with van der Waals surface area (Å²) in [6.45, 7) is -1.21. The largest absolute Gasteiger partial charge is 0.466 e. The average Bonchev–Trinajstić information content (AvgIpc) is 3.10. The van der Waals surface area contributed by atoms with E-state index in [0.29, 0.717) is 35.1 Å². The van der Waals surface area contributed by atoms with E-state index < -0.39 is 24.5 Å². The number of amides is 1. The Morgan fingerprint density at radius 1 is 1.29 bits per heavy atom. The highest BCUT2D eigenvalue weighted by molar-refractivity contribution is 5.86. The smallest absolute Gasteiger partial charge is 0.422 e. The Balaban J connectivity index is 1.71. The Hall–Kier alpha value is -3.28. The monoisotopic (exact) mass is 441 g/mol. The average molecular weight is 441 g/mol. The summed E-state index contributed by atoms with van der Waals surface area (Å²) in [6.07, 6.45) is 0.245. The number of nitrogens with zero attached hydrogens (tertiary/aromatic N) is 4. The summed E-state index contributed by atoms with van der Waals surface area (Å²) >= 11 is 0. The third kappa shape index (κ3) is 6.35. The second-order valence-electron chi connectivity index (χ2n) is 6.66. The predicted octanol–water partition coefficient (Wildman–Crippen LogP) is 2.00. The lowest BCUT2D eigenvalue weighted by molar-refractivity contribution is -0.154. The molecule has 8 nitrogen and oxygen atoms in total. The standard InChI is InChI=1S/C19H19F4N5O3/c20-14-6-12(8-26-18(14)31-11-19(21,22)23)9-28-10-13-15(27-28)2-4-24-16(13)7-17(30)25-3-1-5-29/h2,4,6,8,10,29H,1,3,5,7,9,11H2,(H,25,30). The van der Waals surface area contributed by atoms with E-state index in [4.69, 9.17) is 5.11 Å². The molecule has 0 radical (unpaired) electrons. The summed E-state index contributed by atoms with van der Waals surface area (Å²) in [6, 6.07) is 2.69. The summed E-state index contributed by atoms with van der Waals surface area (Å²) in [5.74, 6) is -1.99. The third-order valence-corrected chi connectivity index (χ3v) is 4.13. The van der Waals surface area contributed by atoms with E-state index in [2.05, 4.69) is 25.1 Å². The van der Waals surface area contributed by atoms with Crippen molar-refractivity contribution in [2.75, 3.05) is 19.8 Å². The van der Waals surface area contributed by atoms with E-state index >= 15 is 0 Å². The number of hydrogen-bond acceptors (Lipinski definition) is 6. The van der Waals surface area contributed by atoms with Gasteiger partial charge in [-0.15, -0.1) is 0 Å². The van der Waals surface area contributed by atoms with Crippen LogP contribution < -0.4 is 10.1 Å². The molecule has 0 unspecified atom stereocenters. The first kappa shape index (κ1) is 22.4. The Morgan fingerprint density at radius 3 is 2.81 bits per heavy atom. The number of aromatic nitrogens is 4. The fourth-order valence-corrected chi connectivity index (χ4v) is 2.79. The normalized spacial score (nSPS) is 11.6. The molecule has 0 aromatic carbocycles. The molecule has 0 spiro atoms. The highest BCUT2D eigenvalue weighted by atomic mass is 19.4. The topological polar surface area (TPSA) is 102 Å². The molecule has 12 heteroatoms. The van der Waals surface area contributed by atoms with Gasteiger partial charge in [0.2, 0.25) is 5.91 Å². The number of aliphatic hydroxyl groups is 1. The van der Waals surface area contributed by atoms with Gasteiger partial charge in [0.05, 0.1) is 24.2 Å². The van der Waals surface area contributed by atoms with Crippen molar-refractivity contribution >= 4 is 16.8 Å². The van der Waals surface area contributed by atoms with E-state index in [1.165, 1.54) is 17.1 Å². The lowest BCUT2D eigenvalue weighted by Crippen LogP contribution is -2.26. The number of aliphatic hydroxyl groups excluding tert-OH is 1. The Bertz CT molecular complexity index is 1050. The zero-order chi connectivity index (χ0) is 22.4. The maximum absolute atomic E-state index is 14.0. The molecule has 3 rings (SSSR count). The van der Waals surface area contributed by atoms with E-state index in [0.717, 1.165) is 6.07 Å². The molecule has 0 aliphatic heterocycles. The molecule has 0 saturated carbocycles. The number of halogens is 4. The van der Waals surface area contributed by atoms with Crippen LogP contribution in [0.15, 0.2) is 30.7 Å². The molecule has 1 amide bonds. The summed E-state index contributed by atoms with van der Waals surface area (Å²) in [5, 5.41) is 16.4. The lowest BCUT2D eigenvalue weighted by atomic mass is 10.2. The highest BCUT2D eigenvalue weighted by Crippen LogP contribution is 2.21. The van der Waals surface area contributed by atoms with E-state index in [9.17, 15) is 22.4 Å². The second kappa shape index (κ2) is 9.69. The molecule has 0 fully saturated rings. The second-order valence-corrected chi connectivity index (χ2v) is 6.66. The molecule has 3 aromatic rings. The highest BCUT2D eigenvalue weighted by Gasteiger charge is 2.29. The van der Waals surface area contributed by atoms with Crippen LogP contribution in [-0.2, 0) is 17.8 Å². The molecule has 2 N–H and O–H groups in total. The van der Waals surface area contributed by atoms with Gasteiger partial charge >= 0.3 is 6.18 Å². The number of carbonyl (C=O) groups is 1. The SMILES string of the molecule is O=C(Cc1nccc2nn(Cc3cnc(OCC(F)(F)F)c(F)c3)cc12)NCCCO. The van der Waals surface area contributed by atoms with Gasteiger partial charge in [0.25, 0.3) is 5.88 Å². The first-order valence-electron chi connectivity index (χ1n) is 9.28. The Morgan fingerprint density at radius 2 is 2.10 bits per heavy atom. The minimum Gasteiger partial charge on any atom is -0.466 e. The molecular weight excluding hydrogens is 422 g/mol. The van der Waals surface area contributed by atoms with Crippen molar-refractivity contribution < 1.29 is 32.2 Å². The zero-order valence-corrected chi connectivity index (χ0v) is 16.2. The maximum Gasteiger partial charge on any atom is 0.422 e. The van der Waals surface area contributed by atoms with Crippen LogP contribution in [0.4, 0.5) is 17.6 Å². The number of fused-ring (bicyclic) bond motifs is 1. The van der Waals surface area contributed by atoms with Gasteiger partial charge < -0.3 is 15.2 Å². The van der Waals surface area contributed by atoms with Gasteiger partial charge in [0.15, 0.2) is 12.4 Å². The molecular formula is C19H19F4N5O3. The summed E-state index contributed by atoms with van der Waals surface area (Å²) in [7, 11) is 0. The van der Waals surface area contributed by atoms with Crippen LogP contribution >= 0.6 is 0 Å². The summed E-state index contributed by atoms with van der Waals surface area (Å²) in [4.78, 5) is 19.8. The van der Waals surface area contributed by atoms with Gasteiger partial charge in [-0.05, 0) is 24.1 Å². The van der Waals surface area contributed by atoms with Gasteiger partial charge in [-0.2, -0.15) is 18.3 Å². The number of ether oxygens (including phenoxy) is 1. The molecule has 0 aliphatic rings. The van der Waals surface area contributed by atoms with Gasteiger partial charge in [-0.1, -0.05) is 0 Å². The number of hydrogen-bond donors (Lipinski definition) is 2. The summed E-state index contributed by atoms with van der Waals surface area (Å²) in [5.41, 5.74) is 1.44. The van der Waals surface area contributed by atoms with Crippen molar-refractivity contribution in [1.29, 1.82) is 0 Å². The molecule has 0 atom stereocenters.